The molecule has 0 bridgehead atoms. The summed E-state index contributed by atoms with van der Waals surface area (Å²) in [6, 6.07) is 4.42. The van der Waals surface area contributed by atoms with Crippen LogP contribution in [0.5, 0.6) is 0 Å². The first-order chi connectivity index (χ1) is 9.79. The van der Waals surface area contributed by atoms with Crippen LogP contribution in [0.1, 0.15) is 10.4 Å². The number of carbonyl (C=O) groups is 1. The molecule has 9 heteroatoms. The van der Waals surface area contributed by atoms with Gasteiger partial charge in [0.05, 0.1) is 11.8 Å². The van der Waals surface area contributed by atoms with Gasteiger partial charge in [-0.2, -0.15) is 0 Å². The van der Waals surface area contributed by atoms with Gasteiger partial charge in [-0.3, -0.25) is 4.72 Å². The molecular formula is C12H8F2N2O4S. The zero-order chi connectivity index (χ0) is 15.6. The molecule has 0 radical (unpaired) electrons. The summed E-state index contributed by atoms with van der Waals surface area (Å²) < 4.78 is 52.3. The molecule has 0 saturated carbocycles. The highest BCUT2D eigenvalue weighted by molar-refractivity contribution is 7.92. The highest BCUT2D eigenvalue weighted by atomic mass is 32.2. The average molecular weight is 314 g/mol. The van der Waals surface area contributed by atoms with Crippen molar-refractivity contribution in [2.75, 3.05) is 4.72 Å². The maximum absolute atomic E-state index is 13.7. The summed E-state index contributed by atoms with van der Waals surface area (Å²) in [7, 11) is -4.30. The minimum atomic E-state index is -4.30. The van der Waals surface area contributed by atoms with Gasteiger partial charge in [0, 0.05) is 0 Å². The molecule has 0 atom stereocenters. The van der Waals surface area contributed by atoms with Crippen molar-refractivity contribution in [2.24, 2.45) is 0 Å². The third kappa shape index (κ3) is 3.31. The summed E-state index contributed by atoms with van der Waals surface area (Å²) in [5, 5.41) is 8.69. The van der Waals surface area contributed by atoms with Gasteiger partial charge in [-0.15, -0.1) is 0 Å². The van der Waals surface area contributed by atoms with Crippen LogP contribution >= 0.6 is 0 Å². The molecule has 0 aliphatic carbocycles. The predicted molar refractivity (Wildman–Crippen MR) is 68.4 cm³/mol. The Hall–Kier alpha value is -2.55. The second kappa shape index (κ2) is 5.44. The van der Waals surface area contributed by atoms with E-state index in [4.69, 9.17) is 5.11 Å². The number of aromatic nitrogens is 1. The molecule has 0 spiro atoms. The minimum Gasteiger partial charge on any atom is -0.478 e. The fourth-order valence-electron chi connectivity index (χ4n) is 1.48. The first-order valence-electron chi connectivity index (χ1n) is 5.47. The molecule has 2 aromatic rings. The number of nitrogens with zero attached hydrogens (tertiary/aromatic N) is 1. The number of sulfonamides is 1. The molecule has 1 heterocycles. The Bertz CT molecular complexity index is 791. The number of rotatable bonds is 4. The lowest BCUT2D eigenvalue weighted by atomic mass is 10.2. The largest absolute Gasteiger partial charge is 0.478 e. The number of aromatic carboxylic acids is 1. The summed E-state index contributed by atoms with van der Waals surface area (Å²) in [5.41, 5.74) is -0.383. The SMILES string of the molecule is O=C(O)c1ccc(S(=O)(=O)Nc2ccc(F)cn2)c(F)c1. The molecule has 0 aliphatic heterocycles. The van der Waals surface area contributed by atoms with Crippen molar-refractivity contribution >= 4 is 21.8 Å². The van der Waals surface area contributed by atoms with Crippen LogP contribution in [0.3, 0.4) is 0 Å². The monoisotopic (exact) mass is 314 g/mol. The maximum Gasteiger partial charge on any atom is 0.335 e. The Kier molecular flexibility index (Phi) is 3.85. The summed E-state index contributed by atoms with van der Waals surface area (Å²) >= 11 is 0. The van der Waals surface area contributed by atoms with Gasteiger partial charge in [-0.1, -0.05) is 0 Å². The van der Waals surface area contributed by atoms with Crippen molar-refractivity contribution in [1.29, 1.82) is 0 Å². The van der Waals surface area contributed by atoms with Gasteiger partial charge in [0.1, 0.15) is 22.3 Å². The van der Waals surface area contributed by atoms with Crippen LogP contribution in [0.25, 0.3) is 0 Å². The lowest BCUT2D eigenvalue weighted by Gasteiger charge is -2.08. The van der Waals surface area contributed by atoms with E-state index in [1.807, 2.05) is 4.72 Å². The van der Waals surface area contributed by atoms with Crippen molar-refractivity contribution in [3.8, 4) is 0 Å². The first-order valence-corrected chi connectivity index (χ1v) is 6.95. The van der Waals surface area contributed by atoms with E-state index in [1.54, 1.807) is 0 Å². The Balaban J connectivity index is 2.35. The number of carboxylic acids is 1. The molecule has 0 amide bonds. The molecule has 21 heavy (non-hydrogen) atoms. The van der Waals surface area contributed by atoms with Gasteiger partial charge in [0.2, 0.25) is 0 Å². The summed E-state index contributed by atoms with van der Waals surface area (Å²) in [6.07, 6.45) is 0.793. The van der Waals surface area contributed by atoms with Crippen molar-refractivity contribution in [3.63, 3.8) is 0 Å². The van der Waals surface area contributed by atoms with Crippen LogP contribution in [0.4, 0.5) is 14.6 Å². The van der Waals surface area contributed by atoms with Gasteiger partial charge in [0.25, 0.3) is 10.0 Å². The zero-order valence-corrected chi connectivity index (χ0v) is 11.1. The fourth-order valence-corrected chi connectivity index (χ4v) is 2.55. The first kappa shape index (κ1) is 14.9. The second-order valence-corrected chi connectivity index (χ2v) is 5.57. The second-order valence-electron chi connectivity index (χ2n) is 3.92. The van der Waals surface area contributed by atoms with E-state index in [1.165, 1.54) is 0 Å². The Labute approximate surface area is 118 Å². The molecular weight excluding hydrogens is 306 g/mol. The van der Waals surface area contributed by atoms with E-state index in [-0.39, 0.29) is 11.4 Å². The summed E-state index contributed by atoms with van der Waals surface area (Å²) in [6.45, 7) is 0. The van der Waals surface area contributed by atoms with Crippen LogP contribution in [0.2, 0.25) is 0 Å². The molecule has 6 nitrogen and oxygen atoms in total. The van der Waals surface area contributed by atoms with Gasteiger partial charge in [-0.05, 0) is 30.3 Å². The van der Waals surface area contributed by atoms with Crippen LogP contribution in [0.15, 0.2) is 41.4 Å². The normalized spacial score (nSPS) is 11.1. The quantitative estimate of drug-likeness (QED) is 0.898. The Morgan fingerprint density at radius 2 is 1.90 bits per heavy atom. The molecule has 0 aliphatic rings. The number of pyridine rings is 1. The smallest absolute Gasteiger partial charge is 0.335 e. The topological polar surface area (TPSA) is 96.4 Å². The Morgan fingerprint density at radius 3 is 2.43 bits per heavy atom. The van der Waals surface area contributed by atoms with Gasteiger partial charge in [-0.25, -0.2) is 27.0 Å². The molecule has 110 valence electrons. The summed E-state index contributed by atoms with van der Waals surface area (Å²) in [4.78, 5) is 13.4. The van der Waals surface area contributed by atoms with Gasteiger partial charge >= 0.3 is 5.97 Å². The third-order valence-electron chi connectivity index (χ3n) is 2.43. The van der Waals surface area contributed by atoms with Gasteiger partial charge in [0.15, 0.2) is 0 Å². The average Bonchev–Trinajstić information content (AvgIpc) is 2.40. The number of carboxylic acid groups (broad SMARTS) is 1. The standard InChI is InChI=1S/C12H8F2N2O4S/c13-8-2-4-11(15-6-8)16-21(19,20)10-3-1-7(12(17)18)5-9(10)14/h1-6H,(H,15,16)(H,17,18). The van der Waals surface area contributed by atoms with Crippen LogP contribution in [-0.2, 0) is 10.0 Å². The van der Waals surface area contributed by atoms with E-state index < -0.39 is 32.5 Å². The highest BCUT2D eigenvalue weighted by Crippen LogP contribution is 2.19. The minimum absolute atomic E-state index is 0.196. The molecule has 0 unspecified atom stereocenters. The van der Waals surface area contributed by atoms with Gasteiger partial charge < -0.3 is 5.11 Å². The molecule has 0 saturated heterocycles. The lowest BCUT2D eigenvalue weighted by molar-refractivity contribution is 0.0696. The fraction of sp³-hybridized carbons (Fsp3) is 0. The molecule has 0 fully saturated rings. The Morgan fingerprint density at radius 1 is 1.19 bits per heavy atom. The number of anilines is 1. The van der Waals surface area contributed by atoms with Crippen molar-refractivity contribution in [3.05, 3.63) is 53.7 Å². The predicted octanol–water partition coefficient (Wildman–Crippen LogP) is 1.86. The summed E-state index contributed by atoms with van der Waals surface area (Å²) in [5.74, 6) is -3.46. The zero-order valence-electron chi connectivity index (χ0n) is 10.2. The van der Waals surface area contributed by atoms with E-state index in [2.05, 4.69) is 4.98 Å². The number of hydrogen-bond acceptors (Lipinski definition) is 4. The number of nitrogens with one attached hydrogen (secondary N) is 1. The number of hydrogen-bond donors (Lipinski definition) is 2. The van der Waals surface area contributed by atoms with Crippen molar-refractivity contribution < 1.29 is 27.1 Å². The van der Waals surface area contributed by atoms with E-state index in [0.29, 0.717) is 6.07 Å². The maximum atomic E-state index is 13.7. The third-order valence-corrected chi connectivity index (χ3v) is 3.82. The van der Waals surface area contributed by atoms with Crippen LogP contribution < -0.4 is 4.72 Å². The molecule has 1 aromatic carbocycles. The van der Waals surface area contributed by atoms with E-state index >= 15 is 0 Å². The molecule has 1 aromatic heterocycles. The lowest BCUT2D eigenvalue weighted by Crippen LogP contribution is -2.16. The highest BCUT2D eigenvalue weighted by Gasteiger charge is 2.21. The number of benzene rings is 1. The molecule has 2 N–H and O–H groups in total. The van der Waals surface area contributed by atoms with Crippen LogP contribution in [-0.4, -0.2) is 24.5 Å². The van der Waals surface area contributed by atoms with E-state index in [0.717, 1.165) is 30.5 Å². The molecule has 2 rings (SSSR count). The van der Waals surface area contributed by atoms with E-state index in [9.17, 15) is 22.0 Å². The van der Waals surface area contributed by atoms with Crippen molar-refractivity contribution in [1.82, 2.24) is 4.98 Å². The van der Waals surface area contributed by atoms with Crippen LogP contribution in [0, 0.1) is 11.6 Å². The van der Waals surface area contributed by atoms with Crippen molar-refractivity contribution in [2.45, 2.75) is 4.90 Å². The number of halogens is 2.